The lowest BCUT2D eigenvalue weighted by atomic mass is 10.1. The monoisotopic (exact) mass is 341 g/mol. The maximum Gasteiger partial charge on any atom is 0.260 e. The summed E-state index contributed by atoms with van der Waals surface area (Å²) in [7, 11) is 0. The van der Waals surface area contributed by atoms with Gasteiger partial charge in [0.1, 0.15) is 11.5 Å². The Balaban J connectivity index is 1.75. The molecular formula is C21H27NO3. The molecule has 0 saturated carbocycles. The molecule has 0 aromatic heterocycles. The highest BCUT2D eigenvalue weighted by atomic mass is 16.5. The van der Waals surface area contributed by atoms with E-state index in [1.54, 1.807) is 6.92 Å². The summed E-state index contributed by atoms with van der Waals surface area (Å²) in [5.74, 6) is 1.54. The van der Waals surface area contributed by atoms with Crippen LogP contribution < -0.4 is 14.8 Å². The molecule has 4 heteroatoms. The highest BCUT2D eigenvalue weighted by molar-refractivity contribution is 5.80. The summed E-state index contributed by atoms with van der Waals surface area (Å²) in [6.07, 6.45) is 1.20. The first kappa shape index (κ1) is 18.8. The van der Waals surface area contributed by atoms with Crippen LogP contribution in [0, 0.1) is 6.92 Å². The molecule has 0 heterocycles. The smallest absolute Gasteiger partial charge is 0.260 e. The first-order chi connectivity index (χ1) is 12.1. The molecule has 134 valence electrons. The van der Waals surface area contributed by atoms with Crippen molar-refractivity contribution in [3.8, 4) is 11.5 Å². The summed E-state index contributed by atoms with van der Waals surface area (Å²) < 4.78 is 11.3. The Bertz CT molecular complexity index is 684. The van der Waals surface area contributed by atoms with E-state index < -0.39 is 6.10 Å². The maximum absolute atomic E-state index is 12.2. The van der Waals surface area contributed by atoms with E-state index in [0.29, 0.717) is 18.9 Å². The predicted molar refractivity (Wildman–Crippen MR) is 100 cm³/mol. The van der Waals surface area contributed by atoms with Crippen LogP contribution in [0.15, 0.2) is 48.5 Å². The number of ether oxygens (including phenoxy) is 2. The summed E-state index contributed by atoms with van der Waals surface area (Å²) in [4.78, 5) is 12.2. The van der Waals surface area contributed by atoms with E-state index in [0.717, 1.165) is 24.2 Å². The zero-order valence-electron chi connectivity index (χ0n) is 15.2. The van der Waals surface area contributed by atoms with Gasteiger partial charge in [0.2, 0.25) is 0 Å². The third-order valence-corrected chi connectivity index (χ3v) is 3.87. The molecule has 1 atom stereocenters. The van der Waals surface area contributed by atoms with E-state index >= 15 is 0 Å². The number of para-hydroxylation sites is 1. The van der Waals surface area contributed by atoms with Gasteiger partial charge < -0.3 is 14.8 Å². The van der Waals surface area contributed by atoms with Gasteiger partial charge in [0.15, 0.2) is 6.10 Å². The lowest BCUT2D eigenvalue weighted by Crippen LogP contribution is -2.36. The lowest BCUT2D eigenvalue weighted by Gasteiger charge is -2.15. The van der Waals surface area contributed by atoms with E-state index in [1.165, 1.54) is 5.56 Å². The maximum atomic E-state index is 12.2. The third kappa shape index (κ3) is 6.14. The minimum atomic E-state index is -0.516. The van der Waals surface area contributed by atoms with Crippen LogP contribution in [0.3, 0.4) is 0 Å². The Labute approximate surface area is 150 Å². The Kier molecular flexibility index (Phi) is 7.33. The Morgan fingerprint density at radius 3 is 2.72 bits per heavy atom. The van der Waals surface area contributed by atoms with Crippen molar-refractivity contribution in [2.75, 3.05) is 13.2 Å². The van der Waals surface area contributed by atoms with Crippen molar-refractivity contribution in [3.63, 3.8) is 0 Å². The van der Waals surface area contributed by atoms with Gasteiger partial charge in [-0.15, -0.1) is 0 Å². The molecule has 1 N–H and O–H groups in total. The largest absolute Gasteiger partial charge is 0.494 e. The van der Waals surface area contributed by atoms with Gasteiger partial charge in [0, 0.05) is 6.54 Å². The first-order valence-corrected chi connectivity index (χ1v) is 8.82. The van der Waals surface area contributed by atoms with Gasteiger partial charge in [-0.2, -0.15) is 0 Å². The second-order valence-corrected chi connectivity index (χ2v) is 6.01. The number of carbonyl (C=O) groups excluding carboxylic acids is 1. The van der Waals surface area contributed by atoms with E-state index in [1.807, 2.05) is 56.3 Å². The minimum Gasteiger partial charge on any atom is -0.494 e. The van der Waals surface area contributed by atoms with Crippen molar-refractivity contribution in [1.82, 2.24) is 5.32 Å². The van der Waals surface area contributed by atoms with Crippen LogP contribution in [0.1, 0.15) is 31.4 Å². The standard InChI is InChI=1S/C21H27NO3/c1-4-24-20-13-6-5-10-18(20)11-8-14-22-21(23)17(3)25-19-12-7-9-16(2)15-19/h5-7,9-10,12-13,15,17H,4,8,11,14H2,1-3H3,(H,22,23). The van der Waals surface area contributed by atoms with Crippen LogP contribution in [0.5, 0.6) is 11.5 Å². The van der Waals surface area contributed by atoms with Crippen LogP contribution in [0.4, 0.5) is 0 Å². The molecule has 2 aromatic carbocycles. The number of nitrogens with one attached hydrogen (secondary N) is 1. The molecule has 4 nitrogen and oxygen atoms in total. The van der Waals surface area contributed by atoms with Gasteiger partial charge in [-0.25, -0.2) is 0 Å². The van der Waals surface area contributed by atoms with Crippen LogP contribution >= 0.6 is 0 Å². The van der Waals surface area contributed by atoms with E-state index in [4.69, 9.17) is 9.47 Å². The summed E-state index contributed by atoms with van der Waals surface area (Å²) in [6.45, 7) is 7.01. The van der Waals surface area contributed by atoms with E-state index in [2.05, 4.69) is 11.4 Å². The van der Waals surface area contributed by atoms with Crippen molar-refractivity contribution in [1.29, 1.82) is 0 Å². The normalized spacial score (nSPS) is 11.6. The summed E-state index contributed by atoms with van der Waals surface area (Å²) in [5.41, 5.74) is 2.28. The highest BCUT2D eigenvalue weighted by Crippen LogP contribution is 2.19. The molecule has 0 fully saturated rings. The lowest BCUT2D eigenvalue weighted by molar-refractivity contribution is -0.127. The molecule has 25 heavy (non-hydrogen) atoms. The van der Waals surface area contributed by atoms with Gasteiger partial charge in [-0.1, -0.05) is 30.3 Å². The van der Waals surface area contributed by atoms with Crippen LogP contribution in [0.25, 0.3) is 0 Å². The fourth-order valence-corrected chi connectivity index (χ4v) is 2.59. The molecule has 1 unspecified atom stereocenters. The molecule has 1 amide bonds. The minimum absolute atomic E-state index is 0.0976. The fourth-order valence-electron chi connectivity index (χ4n) is 2.59. The predicted octanol–water partition coefficient (Wildman–Crippen LogP) is 3.91. The number of carbonyl (C=O) groups is 1. The van der Waals surface area contributed by atoms with Crippen molar-refractivity contribution < 1.29 is 14.3 Å². The molecule has 0 saturated heterocycles. The van der Waals surface area contributed by atoms with Crippen LogP contribution in [-0.4, -0.2) is 25.2 Å². The number of benzene rings is 2. The number of hydrogen-bond donors (Lipinski definition) is 1. The number of rotatable bonds is 9. The van der Waals surface area contributed by atoms with Gasteiger partial charge in [0.25, 0.3) is 5.91 Å². The zero-order valence-corrected chi connectivity index (χ0v) is 15.2. The Morgan fingerprint density at radius 1 is 1.16 bits per heavy atom. The number of amides is 1. The topological polar surface area (TPSA) is 47.6 Å². The summed E-state index contributed by atoms with van der Waals surface area (Å²) in [6, 6.07) is 15.7. The number of aryl methyl sites for hydroxylation is 2. The summed E-state index contributed by atoms with van der Waals surface area (Å²) in [5, 5.41) is 2.93. The number of hydrogen-bond acceptors (Lipinski definition) is 3. The van der Waals surface area contributed by atoms with Gasteiger partial charge >= 0.3 is 0 Å². The highest BCUT2D eigenvalue weighted by Gasteiger charge is 2.14. The molecule has 0 bridgehead atoms. The average Bonchev–Trinajstić information content (AvgIpc) is 2.60. The molecule has 0 aliphatic rings. The molecule has 2 rings (SSSR count). The SMILES string of the molecule is CCOc1ccccc1CCCNC(=O)C(C)Oc1cccc(C)c1. The molecule has 0 aliphatic heterocycles. The third-order valence-electron chi connectivity index (χ3n) is 3.87. The quantitative estimate of drug-likeness (QED) is 0.704. The van der Waals surface area contributed by atoms with Crippen molar-refractivity contribution in [2.24, 2.45) is 0 Å². The molecule has 0 radical (unpaired) electrons. The van der Waals surface area contributed by atoms with Crippen molar-refractivity contribution in [2.45, 2.75) is 39.7 Å². The average molecular weight is 341 g/mol. The molecule has 0 aliphatic carbocycles. The fraction of sp³-hybridized carbons (Fsp3) is 0.381. The zero-order chi connectivity index (χ0) is 18.1. The first-order valence-electron chi connectivity index (χ1n) is 8.82. The second kappa shape index (κ2) is 9.72. The van der Waals surface area contributed by atoms with Gasteiger partial charge in [0.05, 0.1) is 6.61 Å². The Morgan fingerprint density at radius 2 is 1.96 bits per heavy atom. The van der Waals surface area contributed by atoms with Gasteiger partial charge in [-0.3, -0.25) is 4.79 Å². The van der Waals surface area contributed by atoms with Crippen LogP contribution in [0.2, 0.25) is 0 Å². The van der Waals surface area contributed by atoms with E-state index in [9.17, 15) is 4.79 Å². The Hall–Kier alpha value is -2.49. The van der Waals surface area contributed by atoms with Gasteiger partial charge in [-0.05, 0) is 62.9 Å². The van der Waals surface area contributed by atoms with Crippen molar-refractivity contribution >= 4 is 5.91 Å². The molecular weight excluding hydrogens is 314 g/mol. The van der Waals surface area contributed by atoms with Crippen LogP contribution in [-0.2, 0) is 11.2 Å². The molecule has 0 spiro atoms. The molecule has 2 aromatic rings. The van der Waals surface area contributed by atoms with E-state index in [-0.39, 0.29) is 5.91 Å². The second-order valence-electron chi connectivity index (χ2n) is 6.01. The van der Waals surface area contributed by atoms with Crippen molar-refractivity contribution in [3.05, 3.63) is 59.7 Å². The summed E-state index contributed by atoms with van der Waals surface area (Å²) >= 11 is 0.